The van der Waals surface area contributed by atoms with Gasteiger partial charge < -0.3 is 10.4 Å². The highest BCUT2D eigenvalue weighted by molar-refractivity contribution is 5.86. The molecule has 0 aliphatic rings. The Bertz CT molecular complexity index is 357. The summed E-state index contributed by atoms with van der Waals surface area (Å²) >= 11 is 0. The van der Waals surface area contributed by atoms with Crippen molar-refractivity contribution >= 4 is 5.97 Å². The van der Waals surface area contributed by atoms with Crippen LogP contribution in [0.5, 0.6) is 0 Å². The molecule has 1 aromatic heterocycles. The van der Waals surface area contributed by atoms with Gasteiger partial charge in [-0.2, -0.15) is 0 Å². The van der Waals surface area contributed by atoms with Gasteiger partial charge in [-0.15, -0.1) is 0 Å². The zero-order chi connectivity index (χ0) is 11.3. The van der Waals surface area contributed by atoms with Crippen molar-refractivity contribution in [3.63, 3.8) is 0 Å². The first-order chi connectivity index (χ1) is 7.09. The highest BCUT2D eigenvalue weighted by Gasteiger charge is 2.02. The molecule has 80 valence electrons. The number of aliphatic carboxylic acids is 1. The lowest BCUT2D eigenvalue weighted by molar-refractivity contribution is -0.132. The summed E-state index contributed by atoms with van der Waals surface area (Å²) in [4.78, 5) is 14.6. The molecule has 1 aromatic rings. The van der Waals surface area contributed by atoms with Gasteiger partial charge in [-0.1, -0.05) is 12.6 Å². The predicted octanol–water partition coefficient (Wildman–Crippen LogP) is 1.12. The summed E-state index contributed by atoms with van der Waals surface area (Å²) in [6, 6.07) is 3.88. The molecule has 0 spiro atoms. The van der Waals surface area contributed by atoms with Crippen molar-refractivity contribution in [1.82, 2.24) is 10.3 Å². The SMILES string of the molecule is C=C(CNCc1ccc(C)nc1)C(=O)O. The molecule has 0 aromatic carbocycles. The van der Waals surface area contributed by atoms with Gasteiger partial charge in [0.1, 0.15) is 0 Å². The second-order valence-corrected chi connectivity index (χ2v) is 3.32. The van der Waals surface area contributed by atoms with Crippen LogP contribution in [0.3, 0.4) is 0 Å². The molecule has 0 unspecified atom stereocenters. The number of carboxylic acids is 1. The van der Waals surface area contributed by atoms with Crippen molar-refractivity contribution in [2.45, 2.75) is 13.5 Å². The van der Waals surface area contributed by atoms with Crippen LogP contribution in [-0.4, -0.2) is 22.6 Å². The van der Waals surface area contributed by atoms with Crippen molar-refractivity contribution in [3.8, 4) is 0 Å². The van der Waals surface area contributed by atoms with Crippen molar-refractivity contribution in [1.29, 1.82) is 0 Å². The van der Waals surface area contributed by atoms with Crippen LogP contribution < -0.4 is 5.32 Å². The third kappa shape index (κ3) is 3.91. The van der Waals surface area contributed by atoms with E-state index in [1.165, 1.54) is 0 Å². The number of hydrogen-bond acceptors (Lipinski definition) is 3. The highest BCUT2D eigenvalue weighted by atomic mass is 16.4. The summed E-state index contributed by atoms with van der Waals surface area (Å²) < 4.78 is 0. The summed E-state index contributed by atoms with van der Waals surface area (Å²) in [7, 11) is 0. The molecule has 0 atom stereocenters. The molecule has 4 nitrogen and oxygen atoms in total. The number of carboxylic acid groups (broad SMARTS) is 1. The molecule has 1 heterocycles. The van der Waals surface area contributed by atoms with E-state index in [1.54, 1.807) is 6.20 Å². The standard InChI is InChI=1S/C11H14N2O2/c1-8(11(14)15)5-12-6-10-4-3-9(2)13-7-10/h3-4,7,12H,1,5-6H2,2H3,(H,14,15). The summed E-state index contributed by atoms with van der Waals surface area (Å²) in [6.45, 7) is 6.22. The number of hydrogen-bond donors (Lipinski definition) is 2. The van der Waals surface area contributed by atoms with Gasteiger partial charge in [0.05, 0.1) is 0 Å². The van der Waals surface area contributed by atoms with E-state index in [9.17, 15) is 4.79 Å². The van der Waals surface area contributed by atoms with Crippen LogP contribution in [0.1, 0.15) is 11.3 Å². The fourth-order valence-corrected chi connectivity index (χ4v) is 1.04. The van der Waals surface area contributed by atoms with Gasteiger partial charge in [0.25, 0.3) is 0 Å². The Morgan fingerprint density at radius 2 is 2.33 bits per heavy atom. The van der Waals surface area contributed by atoms with E-state index >= 15 is 0 Å². The van der Waals surface area contributed by atoms with Gasteiger partial charge in [0, 0.05) is 30.6 Å². The molecule has 0 saturated carbocycles. The molecule has 0 aliphatic carbocycles. The van der Waals surface area contributed by atoms with Gasteiger partial charge in [0.2, 0.25) is 0 Å². The van der Waals surface area contributed by atoms with Gasteiger partial charge in [0.15, 0.2) is 0 Å². The number of nitrogens with one attached hydrogen (secondary N) is 1. The van der Waals surface area contributed by atoms with Crippen LogP contribution in [0.25, 0.3) is 0 Å². The molecule has 0 amide bonds. The largest absolute Gasteiger partial charge is 0.478 e. The van der Waals surface area contributed by atoms with Crippen LogP contribution in [0.4, 0.5) is 0 Å². The Labute approximate surface area is 88.7 Å². The number of aryl methyl sites for hydroxylation is 1. The Balaban J connectivity index is 2.35. The third-order valence-electron chi connectivity index (χ3n) is 1.94. The number of pyridine rings is 1. The van der Waals surface area contributed by atoms with Crippen LogP contribution >= 0.6 is 0 Å². The Morgan fingerprint density at radius 3 is 2.87 bits per heavy atom. The highest BCUT2D eigenvalue weighted by Crippen LogP contribution is 1.98. The van der Waals surface area contributed by atoms with E-state index in [2.05, 4.69) is 16.9 Å². The predicted molar refractivity (Wildman–Crippen MR) is 57.5 cm³/mol. The smallest absolute Gasteiger partial charge is 0.332 e. The van der Waals surface area contributed by atoms with Crippen LogP contribution in [0.15, 0.2) is 30.5 Å². The fourth-order valence-electron chi connectivity index (χ4n) is 1.04. The molecular weight excluding hydrogens is 192 g/mol. The maximum atomic E-state index is 10.4. The summed E-state index contributed by atoms with van der Waals surface area (Å²) in [5, 5.41) is 11.5. The van der Waals surface area contributed by atoms with Crippen LogP contribution in [0, 0.1) is 6.92 Å². The third-order valence-corrected chi connectivity index (χ3v) is 1.94. The maximum absolute atomic E-state index is 10.4. The zero-order valence-corrected chi connectivity index (χ0v) is 8.66. The fraction of sp³-hybridized carbons (Fsp3) is 0.273. The average Bonchev–Trinajstić information content (AvgIpc) is 2.20. The van der Waals surface area contributed by atoms with Gasteiger partial charge in [-0.25, -0.2) is 4.79 Å². The van der Waals surface area contributed by atoms with E-state index in [0.717, 1.165) is 11.3 Å². The quantitative estimate of drug-likeness (QED) is 0.709. The second kappa shape index (κ2) is 5.26. The van der Waals surface area contributed by atoms with Crippen molar-refractivity contribution in [3.05, 3.63) is 41.7 Å². The number of nitrogens with zero attached hydrogens (tertiary/aromatic N) is 1. The molecule has 0 fully saturated rings. The average molecular weight is 206 g/mol. The summed E-state index contributed by atoms with van der Waals surface area (Å²) in [5.41, 5.74) is 2.16. The van der Waals surface area contributed by atoms with Gasteiger partial charge in [-0.05, 0) is 18.6 Å². The van der Waals surface area contributed by atoms with E-state index < -0.39 is 5.97 Å². The van der Waals surface area contributed by atoms with Crippen LogP contribution in [0.2, 0.25) is 0 Å². The first kappa shape index (κ1) is 11.4. The lowest BCUT2D eigenvalue weighted by Gasteiger charge is -2.04. The topological polar surface area (TPSA) is 62.2 Å². The number of aromatic nitrogens is 1. The molecule has 0 radical (unpaired) electrons. The molecule has 2 N–H and O–H groups in total. The number of rotatable bonds is 5. The summed E-state index contributed by atoms with van der Waals surface area (Å²) in [6.07, 6.45) is 1.77. The minimum absolute atomic E-state index is 0.162. The van der Waals surface area contributed by atoms with Crippen LogP contribution in [-0.2, 0) is 11.3 Å². The van der Waals surface area contributed by atoms with Crippen molar-refractivity contribution < 1.29 is 9.90 Å². The minimum Gasteiger partial charge on any atom is -0.478 e. The Morgan fingerprint density at radius 1 is 1.60 bits per heavy atom. The zero-order valence-electron chi connectivity index (χ0n) is 8.66. The number of carbonyl (C=O) groups is 1. The lowest BCUT2D eigenvalue weighted by atomic mass is 10.2. The van der Waals surface area contributed by atoms with E-state index in [4.69, 9.17) is 5.11 Å². The Hall–Kier alpha value is -1.68. The first-order valence-electron chi connectivity index (χ1n) is 4.63. The summed E-state index contributed by atoms with van der Waals surface area (Å²) in [5.74, 6) is -0.968. The first-order valence-corrected chi connectivity index (χ1v) is 4.63. The normalized spacial score (nSPS) is 9.93. The molecule has 4 heteroatoms. The van der Waals surface area contributed by atoms with Crippen molar-refractivity contribution in [2.24, 2.45) is 0 Å². The van der Waals surface area contributed by atoms with E-state index in [-0.39, 0.29) is 12.1 Å². The molecule has 0 saturated heterocycles. The molecule has 1 rings (SSSR count). The lowest BCUT2D eigenvalue weighted by Crippen LogP contribution is -2.19. The molecule has 0 aliphatic heterocycles. The Kier molecular flexibility index (Phi) is 4.00. The van der Waals surface area contributed by atoms with E-state index in [1.807, 2.05) is 19.1 Å². The molecular formula is C11H14N2O2. The molecule has 15 heavy (non-hydrogen) atoms. The van der Waals surface area contributed by atoms with Gasteiger partial charge in [-0.3, -0.25) is 4.98 Å². The molecule has 0 bridgehead atoms. The van der Waals surface area contributed by atoms with Crippen molar-refractivity contribution in [2.75, 3.05) is 6.54 Å². The monoisotopic (exact) mass is 206 g/mol. The van der Waals surface area contributed by atoms with E-state index in [0.29, 0.717) is 6.54 Å². The maximum Gasteiger partial charge on any atom is 0.332 e. The second-order valence-electron chi connectivity index (χ2n) is 3.32. The van der Waals surface area contributed by atoms with Gasteiger partial charge >= 0.3 is 5.97 Å². The minimum atomic E-state index is -0.968.